The highest BCUT2D eigenvalue weighted by atomic mass is 32.2. The van der Waals surface area contributed by atoms with Crippen LogP contribution in [0, 0.1) is 0 Å². The third-order valence-corrected chi connectivity index (χ3v) is 8.18. The second kappa shape index (κ2) is 10.8. The highest BCUT2D eigenvalue weighted by Gasteiger charge is 2.52. The van der Waals surface area contributed by atoms with Gasteiger partial charge in [0.2, 0.25) is 0 Å². The third-order valence-electron chi connectivity index (χ3n) is 5.66. The molecule has 0 atom stereocenters. The molecule has 3 rings (SSSR count). The van der Waals surface area contributed by atoms with Gasteiger partial charge < -0.3 is 9.47 Å². The number of carbonyl (C=O) groups is 1. The van der Waals surface area contributed by atoms with Gasteiger partial charge in [0.25, 0.3) is 5.91 Å². The van der Waals surface area contributed by atoms with Gasteiger partial charge in [-0.05, 0) is 62.4 Å². The van der Waals surface area contributed by atoms with Crippen molar-refractivity contribution in [2.75, 3.05) is 19.8 Å². The Balaban J connectivity index is 1.59. The molecule has 0 spiro atoms. The van der Waals surface area contributed by atoms with E-state index in [4.69, 9.17) is 14.7 Å². The summed E-state index contributed by atoms with van der Waals surface area (Å²) in [6, 6.07) is 16.2. The molecule has 0 bridgehead atoms. The third kappa shape index (κ3) is 5.38. The van der Waals surface area contributed by atoms with Gasteiger partial charge in [-0.3, -0.25) is 10.0 Å². The molecule has 1 fully saturated rings. The molecule has 2 aromatic rings. The first-order valence-electron chi connectivity index (χ1n) is 10.6. The molecule has 0 aliphatic carbocycles. The van der Waals surface area contributed by atoms with Crippen molar-refractivity contribution < 1.29 is 27.9 Å². The molecule has 8 heteroatoms. The topological polar surface area (TPSA) is 102 Å². The van der Waals surface area contributed by atoms with E-state index in [0.29, 0.717) is 12.4 Å². The number of sulfone groups is 1. The van der Waals surface area contributed by atoms with Crippen molar-refractivity contribution in [2.45, 2.75) is 42.2 Å². The predicted octanol–water partition coefficient (Wildman–Crippen LogP) is 3.78. The van der Waals surface area contributed by atoms with Crippen molar-refractivity contribution >= 4 is 21.8 Å². The van der Waals surface area contributed by atoms with Crippen LogP contribution in [0.25, 0.3) is 6.08 Å². The number of ether oxygens (including phenoxy) is 2. The summed E-state index contributed by atoms with van der Waals surface area (Å²) in [5.74, 6) is -0.374. The van der Waals surface area contributed by atoms with Crippen molar-refractivity contribution in [3.63, 3.8) is 0 Å². The molecule has 32 heavy (non-hydrogen) atoms. The van der Waals surface area contributed by atoms with Crippen LogP contribution in [0.2, 0.25) is 0 Å². The Kier molecular flexibility index (Phi) is 8.06. The standard InChI is InChI=1S/C24H29NO6S/c1-19(18-20-7-3-2-4-8-20)6-5-15-31-21-9-11-22(12-10-21)32(28,29)24(23(26)25-27)13-16-30-17-14-24/h2-4,7-12,18,27H,5-6,13-17H2,1H3,(H,25,26)/b19-18+. The number of rotatable bonds is 9. The minimum atomic E-state index is -4.03. The van der Waals surface area contributed by atoms with Crippen molar-refractivity contribution in [3.05, 3.63) is 65.7 Å². The Morgan fingerprint density at radius 3 is 2.41 bits per heavy atom. The van der Waals surface area contributed by atoms with E-state index in [2.05, 4.69) is 25.1 Å². The molecule has 0 saturated carbocycles. The van der Waals surface area contributed by atoms with Gasteiger partial charge in [0.1, 0.15) is 5.75 Å². The van der Waals surface area contributed by atoms with Crippen LogP contribution in [-0.2, 0) is 19.4 Å². The normalized spacial score (nSPS) is 16.4. The van der Waals surface area contributed by atoms with Gasteiger partial charge in [-0.1, -0.05) is 42.0 Å². The molecule has 2 aromatic carbocycles. The lowest BCUT2D eigenvalue weighted by atomic mass is 9.98. The highest BCUT2D eigenvalue weighted by molar-refractivity contribution is 7.93. The van der Waals surface area contributed by atoms with Gasteiger partial charge in [0.15, 0.2) is 14.6 Å². The summed E-state index contributed by atoms with van der Waals surface area (Å²) in [6.45, 7) is 2.85. The number of hydrogen-bond donors (Lipinski definition) is 2. The first-order chi connectivity index (χ1) is 15.4. The largest absolute Gasteiger partial charge is 0.494 e. The summed E-state index contributed by atoms with van der Waals surface area (Å²) in [6.07, 6.45) is 3.83. The SMILES string of the molecule is C/C(=C\c1ccccc1)CCCOc1ccc(S(=O)(=O)C2(C(=O)NO)CCOCC2)cc1. The second-order valence-corrected chi connectivity index (χ2v) is 10.1. The van der Waals surface area contributed by atoms with Crippen LogP contribution in [0.3, 0.4) is 0 Å². The van der Waals surface area contributed by atoms with E-state index in [0.717, 1.165) is 12.8 Å². The molecule has 1 aliphatic rings. The van der Waals surface area contributed by atoms with Gasteiger partial charge in [-0.15, -0.1) is 0 Å². The maximum absolute atomic E-state index is 13.2. The molecule has 1 amide bonds. The van der Waals surface area contributed by atoms with Gasteiger partial charge in [-0.2, -0.15) is 0 Å². The number of benzene rings is 2. The van der Waals surface area contributed by atoms with E-state index in [1.165, 1.54) is 28.7 Å². The molecular formula is C24H29NO6S. The zero-order valence-corrected chi connectivity index (χ0v) is 18.9. The fourth-order valence-corrected chi connectivity index (χ4v) is 5.75. The molecule has 1 heterocycles. The van der Waals surface area contributed by atoms with Gasteiger partial charge in [0, 0.05) is 13.2 Å². The summed E-state index contributed by atoms with van der Waals surface area (Å²) in [5.41, 5.74) is 3.94. The molecule has 0 aromatic heterocycles. The van der Waals surface area contributed by atoms with Crippen molar-refractivity contribution in [2.24, 2.45) is 0 Å². The van der Waals surface area contributed by atoms with E-state index in [1.807, 2.05) is 18.2 Å². The number of amides is 1. The number of hydroxylamine groups is 1. The molecule has 1 saturated heterocycles. The average Bonchev–Trinajstić information content (AvgIpc) is 2.82. The van der Waals surface area contributed by atoms with Crippen LogP contribution in [0.5, 0.6) is 5.75 Å². The molecule has 2 N–H and O–H groups in total. The van der Waals surface area contributed by atoms with Crippen LogP contribution >= 0.6 is 0 Å². The Morgan fingerprint density at radius 1 is 1.12 bits per heavy atom. The Morgan fingerprint density at radius 2 is 1.78 bits per heavy atom. The van der Waals surface area contributed by atoms with Crippen LogP contribution in [-0.4, -0.2) is 44.1 Å². The van der Waals surface area contributed by atoms with E-state index in [1.54, 1.807) is 12.1 Å². The smallest absolute Gasteiger partial charge is 0.265 e. The number of allylic oxidation sites excluding steroid dienone is 1. The first kappa shape index (κ1) is 24.0. The fraction of sp³-hybridized carbons (Fsp3) is 0.375. The van der Waals surface area contributed by atoms with Gasteiger partial charge in [0.05, 0.1) is 11.5 Å². The minimum Gasteiger partial charge on any atom is -0.494 e. The molecule has 1 aliphatic heterocycles. The Bertz CT molecular complexity index is 1030. The molecule has 7 nitrogen and oxygen atoms in total. The van der Waals surface area contributed by atoms with Gasteiger partial charge >= 0.3 is 0 Å². The van der Waals surface area contributed by atoms with Gasteiger partial charge in [-0.25, -0.2) is 13.9 Å². The highest BCUT2D eigenvalue weighted by Crippen LogP contribution is 2.35. The monoisotopic (exact) mass is 459 g/mol. The predicted molar refractivity (Wildman–Crippen MR) is 121 cm³/mol. The quantitative estimate of drug-likeness (QED) is 0.336. The lowest BCUT2D eigenvalue weighted by Gasteiger charge is -2.34. The van der Waals surface area contributed by atoms with Crippen molar-refractivity contribution in [3.8, 4) is 5.75 Å². The van der Waals surface area contributed by atoms with Crippen molar-refractivity contribution in [1.29, 1.82) is 0 Å². The summed E-state index contributed by atoms with van der Waals surface area (Å²) < 4.78 is 35.7. The van der Waals surface area contributed by atoms with E-state index in [9.17, 15) is 13.2 Å². The fourth-order valence-electron chi connectivity index (χ4n) is 3.81. The molecule has 172 valence electrons. The summed E-state index contributed by atoms with van der Waals surface area (Å²) in [7, 11) is -4.03. The molecule has 0 radical (unpaired) electrons. The van der Waals surface area contributed by atoms with Crippen LogP contribution < -0.4 is 10.2 Å². The van der Waals surface area contributed by atoms with E-state index >= 15 is 0 Å². The Hall–Kier alpha value is -2.68. The maximum atomic E-state index is 13.2. The van der Waals surface area contributed by atoms with E-state index < -0.39 is 20.5 Å². The van der Waals surface area contributed by atoms with E-state index in [-0.39, 0.29) is 31.0 Å². The summed E-state index contributed by atoms with van der Waals surface area (Å²) in [4.78, 5) is 12.3. The zero-order valence-electron chi connectivity index (χ0n) is 18.1. The lowest BCUT2D eigenvalue weighted by molar-refractivity contribution is -0.134. The first-order valence-corrected chi connectivity index (χ1v) is 12.1. The maximum Gasteiger partial charge on any atom is 0.265 e. The summed E-state index contributed by atoms with van der Waals surface area (Å²) in [5, 5.41) is 9.12. The second-order valence-electron chi connectivity index (χ2n) is 7.88. The molecule has 0 unspecified atom stereocenters. The van der Waals surface area contributed by atoms with Crippen LogP contribution in [0.1, 0.15) is 38.2 Å². The zero-order chi connectivity index (χ0) is 23.0. The van der Waals surface area contributed by atoms with Crippen molar-refractivity contribution in [1.82, 2.24) is 5.48 Å². The summed E-state index contributed by atoms with van der Waals surface area (Å²) >= 11 is 0. The number of carbonyl (C=O) groups excluding carboxylic acids is 1. The molecular weight excluding hydrogens is 430 g/mol. The number of nitrogens with one attached hydrogen (secondary N) is 1. The lowest BCUT2D eigenvalue weighted by Crippen LogP contribution is -2.54. The number of hydrogen-bond acceptors (Lipinski definition) is 6. The minimum absolute atomic E-state index is 0.0111. The van der Waals surface area contributed by atoms with Crippen LogP contribution in [0.4, 0.5) is 0 Å². The Labute approximate surface area is 188 Å². The van der Waals surface area contributed by atoms with Crippen LogP contribution in [0.15, 0.2) is 65.1 Å². The average molecular weight is 460 g/mol.